The molecular formula is C21H16F3N3O. The predicted octanol–water partition coefficient (Wildman–Crippen LogP) is 5.27. The van der Waals surface area contributed by atoms with Gasteiger partial charge in [-0.2, -0.15) is 0 Å². The monoisotopic (exact) mass is 383 g/mol. The summed E-state index contributed by atoms with van der Waals surface area (Å²) in [7, 11) is 0. The van der Waals surface area contributed by atoms with E-state index in [0.717, 1.165) is 12.1 Å². The Morgan fingerprint density at radius 2 is 1.46 bits per heavy atom. The Morgan fingerprint density at radius 3 is 2.04 bits per heavy atom. The van der Waals surface area contributed by atoms with E-state index in [1.54, 1.807) is 36.4 Å². The fourth-order valence-electron chi connectivity index (χ4n) is 3.18. The highest BCUT2D eigenvalue weighted by atomic mass is 19.2. The standard InChI is InChI=1S/C21H16F3N3O/c1-11(28)25-14-5-2-12(3-6-14)15-8-13(4-7-16(15)22)21-26-19-9-17(23)18(24)10-20(19)27-21/h2-10,21,26-27H,1H3,(H,25,28). The van der Waals surface area contributed by atoms with E-state index in [1.807, 2.05) is 0 Å². The van der Waals surface area contributed by atoms with Gasteiger partial charge < -0.3 is 16.0 Å². The average Bonchev–Trinajstić information content (AvgIpc) is 3.05. The second kappa shape index (κ2) is 6.92. The Kier molecular flexibility index (Phi) is 4.43. The minimum absolute atomic E-state index is 0.188. The van der Waals surface area contributed by atoms with Crippen molar-refractivity contribution in [2.24, 2.45) is 0 Å². The van der Waals surface area contributed by atoms with Crippen molar-refractivity contribution in [3.05, 3.63) is 77.6 Å². The van der Waals surface area contributed by atoms with Crippen LogP contribution in [0, 0.1) is 17.5 Å². The molecule has 3 aromatic rings. The van der Waals surface area contributed by atoms with Gasteiger partial charge >= 0.3 is 0 Å². The third kappa shape index (κ3) is 3.38. The molecule has 0 bridgehead atoms. The van der Waals surface area contributed by atoms with E-state index in [0.29, 0.717) is 33.8 Å². The zero-order chi connectivity index (χ0) is 19.8. The van der Waals surface area contributed by atoms with Crippen molar-refractivity contribution in [1.82, 2.24) is 0 Å². The summed E-state index contributed by atoms with van der Waals surface area (Å²) in [5.74, 6) is -2.46. The Morgan fingerprint density at radius 1 is 0.857 bits per heavy atom. The van der Waals surface area contributed by atoms with Crippen LogP contribution in [-0.2, 0) is 4.79 Å². The maximum Gasteiger partial charge on any atom is 0.221 e. The van der Waals surface area contributed by atoms with Crippen LogP contribution in [0.4, 0.5) is 30.2 Å². The summed E-state index contributed by atoms with van der Waals surface area (Å²) in [5, 5.41) is 8.78. The summed E-state index contributed by atoms with van der Waals surface area (Å²) in [6.07, 6.45) is -0.450. The highest BCUT2D eigenvalue weighted by Gasteiger charge is 2.24. The van der Waals surface area contributed by atoms with Gasteiger partial charge in [-0.3, -0.25) is 4.79 Å². The van der Waals surface area contributed by atoms with E-state index < -0.39 is 23.6 Å². The first-order valence-corrected chi connectivity index (χ1v) is 8.60. The summed E-state index contributed by atoms with van der Waals surface area (Å²) >= 11 is 0. The minimum Gasteiger partial charge on any atom is -0.360 e. The van der Waals surface area contributed by atoms with Crippen molar-refractivity contribution >= 4 is 23.0 Å². The number of fused-ring (bicyclic) bond motifs is 1. The lowest BCUT2D eigenvalue weighted by Gasteiger charge is -2.15. The van der Waals surface area contributed by atoms with Crippen molar-refractivity contribution in [3.63, 3.8) is 0 Å². The summed E-state index contributed by atoms with van der Waals surface area (Å²) in [6, 6.07) is 13.6. The van der Waals surface area contributed by atoms with Crippen LogP contribution >= 0.6 is 0 Å². The molecule has 3 N–H and O–H groups in total. The molecular weight excluding hydrogens is 367 g/mol. The first-order chi connectivity index (χ1) is 13.4. The maximum atomic E-state index is 14.4. The summed E-state index contributed by atoms with van der Waals surface area (Å²) in [5.41, 5.74) is 3.22. The molecule has 1 heterocycles. The van der Waals surface area contributed by atoms with Crippen molar-refractivity contribution in [2.75, 3.05) is 16.0 Å². The molecule has 0 fully saturated rings. The van der Waals surface area contributed by atoms with Crippen LogP contribution in [0.2, 0.25) is 0 Å². The van der Waals surface area contributed by atoms with Crippen molar-refractivity contribution < 1.29 is 18.0 Å². The lowest BCUT2D eigenvalue weighted by Crippen LogP contribution is -2.12. The molecule has 0 spiro atoms. The third-order valence-electron chi connectivity index (χ3n) is 4.50. The zero-order valence-electron chi connectivity index (χ0n) is 14.8. The molecule has 1 amide bonds. The summed E-state index contributed by atoms with van der Waals surface area (Å²) in [4.78, 5) is 11.1. The number of rotatable bonds is 3. The number of benzene rings is 3. The van der Waals surface area contributed by atoms with Crippen molar-refractivity contribution in [2.45, 2.75) is 13.1 Å². The molecule has 4 rings (SSSR count). The van der Waals surface area contributed by atoms with Crippen molar-refractivity contribution in [3.8, 4) is 11.1 Å². The second-order valence-corrected chi connectivity index (χ2v) is 6.53. The van der Waals surface area contributed by atoms with Gasteiger partial charge in [-0.25, -0.2) is 13.2 Å². The Labute approximate surface area is 159 Å². The molecule has 28 heavy (non-hydrogen) atoms. The molecule has 0 atom stereocenters. The quantitative estimate of drug-likeness (QED) is 0.578. The molecule has 0 radical (unpaired) electrons. The Hall–Kier alpha value is -3.48. The lowest BCUT2D eigenvalue weighted by molar-refractivity contribution is -0.114. The summed E-state index contributed by atoms with van der Waals surface area (Å²) in [6.45, 7) is 1.41. The van der Waals surface area contributed by atoms with Crippen molar-refractivity contribution in [1.29, 1.82) is 0 Å². The first kappa shape index (κ1) is 17.9. The molecule has 142 valence electrons. The molecule has 1 aliphatic heterocycles. The molecule has 4 nitrogen and oxygen atoms in total. The molecule has 0 saturated carbocycles. The molecule has 3 aromatic carbocycles. The summed E-state index contributed by atoms with van der Waals surface area (Å²) < 4.78 is 41.3. The highest BCUT2D eigenvalue weighted by Crippen LogP contribution is 2.38. The van der Waals surface area contributed by atoms with Crippen LogP contribution in [0.3, 0.4) is 0 Å². The van der Waals surface area contributed by atoms with Gasteiger partial charge in [-0.1, -0.05) is 18.2 Å². The van der Waals surface area contributed by atoms with Gasteiger partial charge in [0.05, 0.1) is 11.4 Å². The second-order valence-electron chi connectivity index (χ2n) is 6.53. The molecule has 0 saturated heterocycles. The van der Waals surface area contributed by atoms with Gasteiger partial charge in [-0.05, 0) is 35.4 Å². The van der Waals surface area contributed by atoms with E-state index >= 15 is 0 Å². The van der Waals surface area contributed by atoms with Gasteiger partial charge in [0.1, 0.15) is 12.0 Å². The normalized spacial score (nSPS) is 12.9. The SMILES string of the molecule is CC(=O)Nc1ccc(-c2cc(C3Nc4cc(F)c(F)cc4N3)ccc2F)cc1. The van der Waals surface area contributed by atoms with Gasteiger partial charge in [0.25, 0.3) is 0 Å². The van der Waals surface area contributed by atoms with Crippen LogP contribution in [0.25, 0.3) is 11.1 Å². The van der Waals surface area contributed by atoms with Gasteiger partial charge in [0.15, 0.2) is 11.6 Å². The van der Waals surface area contributed by atoms with E-state index in [1.165, 1.54) is 13.0 Å². The van der Waals surface area contributed by atoms with Crippen LogP contribution in [-0.4, -0.2) is 5.91 Å². The van der Waals surface area contributed by atoms with Crippen LogP contribution in [0.5, 0.6) is 0 Å². The van der Waals surface area contributed by atoms with Crippen LogP contribution < -0.4 is 16.0 Å². The average molecular weight is 383 g/mol. The fourth-order valence-corrected chi connectivity index (χ4v) is 3.18. The smallest absolute Gasteiger partial charge is 0.221 e. The zero-order valence-corrected chi connectivity index (χ0v) is 14.8. The topological polar surface area (TPSA) is 53.2 Å². The van der Waals surface area contributed by atoms with E-state index in [4.69, 9.17) is 0 Å². The number of halogens is 3. The number of carbonyl (C=O) groups excluding carboxylic acids is 1. The van der Waals surface area contributed by atoms with E-state index in [9.17, 15) is 18.0 Å². The van der Waals surface area contributed by atoms with E-state index in [2.05, 4.69) is 16.0 Å². The molecule has 0 aromatic heterocycles. The number of amides is 1. The first-order valence-electron chi connectivity index (χ1n) is 8.60. The van der Waals surface area contributed by atoms with E-state index in [-0.39, 0.29) is 5.91 Å². The fraction of sp³-hybridized carbons (Fsp3) is 0.0952. The van der Waals surface area contributed by atoms with Gasteiger partial charge in [0, 0.05) is 30.3 Å². The Balaban J connectivity index is 1.62. The highest BCUT2D eigenvalue weighted by molar-refractivity contribution is 5.89. The number of nitrogens with one attached hydrogen (secondary N) is 3. The third-order valence-corrected chi connectivity index (χ3v) is 4.50. The molecule has 7 heteroatoms. The maximum absolute atomic E-state index is 14.4. The minimum atomic E-state index is -0.937. The largest absolute Gasteiger partial charge is 0.360 e. The Bertz CT molecular complexity index is 1040. The number of carbonyl (C=O) groups is 1. The molecule has 0 unspecified atom stereocenters. The van der Waals surface area contributed by atoms with Gasteiger partial charge in [0.2, 0.25) is 5.91 Å². The number of hydrogen-bond acceptors (Lipinski definition) is 3. The molecule has 1 aliphatic rings. The number of anilines is 3. The number of hydrogen-bond donors (Lipinski definition) is 3. The predicted molar refractivity (Wildman–Crippen MR) is 102 cm³/mol. The van der Waals surface area contributed by atoms with Gasteiger partial charge in [-0.15, -0.1) is 0 Å². The molecule has 0 aliphatic carbocycles. The van der Waals surface area contributed by atoms with Crippen LogP contribution in [0.15, 0.2) is 54.6 Å². The van der Waals surface area contributed by atoms with Crippen LogP contribution in [0.1, 0.15) is 18.7 Å². The lowest BCUT2D eigenvalue weighted by atomic mass is 10.0.